The number of aryl methyl sites for hydroxylation is 1. The topological polar surface area (TPSA) is 84.2 Å². The molecule has 0 spiro atoms. The van der Waals surface area contributed by atoms with Gasteiger partial charge in [-0.2, -0.15) is 4.98 Å². The maximum absolute atomic E-state index is 12.0. The molecule has 0 atom stereocenters. The van der Waals surface area contributed by atoms with Gasteiger partial charge in [0.25, 0.3) is 0 Å². The first-order valence-corrected chi connectivity index (χ1v) is 9.44. The molecule has 0 aliphatic carbocycles. The second-order valence-corrected chi connectivity index (χ2v) is 6.65. The first-order valence-electron chi connectivity index (χ1n) is 9.44. The summed E-state index contributed by atoms with van der Waals surface area (Å²) >= 11 is 0. The Morgan fingerprint density at radius 3 is 2.75 bits per heavy atom. The SMILES string of the molecule is CN(CCCNC(=O)CCc1nc(-c2ccccn2)no1)Cc1ccccc1. The van der Waals surface area contributed by atoms with Crippen LogP contribution in [0.2, 0.25) is 0 Å². The van der Waals surface area contributed by atoms with E-state index in [1.165, 1.54) is 5.56 Å². The Balaban J connectivity index is 1.31. The number of amides is 1. The molecule has 3 rings (SSSR count). The van der Waals surface area contributed by atoms with Crippen molar-refractivity contribution in [2.75, 3.05) is 20.1 Å². The monoisotopic (exact) mass is 379 g/mol. The number of hydrogen-bond acceptors (Lipinski definition) is 6. The summed E-state index contributed by atoms with van der Waals surface area (Å²) in [5.74, 6) is 0.874. The van der Waals surface area contributed by atoms with Gasteiger partial charge >= 0.3 is 0 Å². The van der Waals surface area contributed by atoms with E-state index < -0.39 is 0 Å². The van der Waals surface area contributed by atoms with Crippen molar-refractivity contribution >= 4 is 5.91 Å². The molecule has 7 nitrogen and oxygen atoms in total. The number of carbonyl (C=O) groups is 1. The third-order valence-corrected chi connectivity index (χ3v) is 4.26. The zero-order valence-electron chi connectivity index (χ0n) is 16.0. The van der Waals surface area contributed by atoms with Gasteiger partial charge in [0.2, 0.25) is 17.6 Å². The number of carbonyl (C=O) groups excluding carboxylic acids is 1. The second-order valence-electron chi connectivity index (χ2n) is 6.65. The highest BCUT2D eigenvalue weighted by Crippen LogP contribution is 2.12. The van der Waals surface area contributed by atoms with Gasteiger partial charge in [-0.15, -0.1) is 0 Å². The zero-order chi connectivity index (χ0) is 19.6. The molecular formula is C21H25N5O2. The van der Waals surface area contributed by atoms with Crippen LogP contribution < -0.4 is 5.32 Å². The minimum Gasteiger partial charge on any atom is -0.356 e. The fraction of sp³-hybridized carbons (Fsp3) is 0.333. The number of rotatable bonds is 10. The van der Waals surface area contributed by atoms with Crippen LogP contribution in [0.15, 0.2) is 59.3 Å². The molecule has 0 radical (unpaired) electrons. The van der Waals surface area contributed by atoms with Gasteiger partial charge in [0.05, 0.1) is 0 Å². The maximum Gasteiger partial charge on any atom is 0.227 e. The molecule has 7 heteroatoms. The molecule has 0 saturated carbocycles. The molecule has 146 valence electrons. The quantitative estimate of drug-likeness (QED) is 0.545. The first-order chi connectivity index (χ1) is 13.7. The Kier molecular flexibility index (Phi) is 7.26. The Labute approximate surface area is 164 Å². The Bertz CT molecular complexity index is 852. The van der Waals surface area contributed by atoms with Crippen molar-refractivity contribution in [1.29, 1.82) is 0 Å². The van der Waals surface area contributed by atoms with Crippen LogP contribution in [-0.2, 0) is 17.8 Å². The van der Waals surface area contributed by atoms with E-state index in [0.29, 0.717) is 36.8 Å². The fourth-order valence-electron chi connectivity index (χ4n) is 2.82. The number of nitrogens with one attached hydrogen (secondary N) is 1. The summed E-state index contributed by atoms with van der Waals surface area (Å²) in [6, 6.07) is 15.9. The summed E-state index contributed by atoms with van der Waals surface area (Å²) in [6.45, 7) is 2.48. The van der Waals surface area contributed by atoms with Crippen LogP contribution >= 0.6 is 0 Å². The summed E-state index contributed by atoms with van der Waals surface area (Å²) in [6.07, 6.45) is 3.32. The Hall–Kier alpha value is -3.06. The van der Waals surface area contributed by atoms with Crippen molar-refractivity contribution in [1.82, 2.24) is 25.3 Å². The van der Waals surface area contributed by atoms with Crippen molar-refractivity contribution in [2.24, 2.45) is 0 Å². The van der Waals surface area contributed by atoms with Crippen LogP contribution in [0.1, 0.15) is 24.3 Å². The van der Waals surface area contributed by atoms with Gasteiger partial charge in [0.15, 0.2) is 0 Å². The maximum atomic E-state index is 12.0. The van der Waals surface area contributed by atoms with Gasteiger partial charge in [-0.3, -0.25) is 9.78 Å². The minimum atomic E-state index is -0.0108. The highest BCUT2D eigenvalue weighted by atomic mass is 16.5. The van der Waals surface area contributed by atoms with E-state index in [1.54, 1.807) is 6.20 Å². The normalized spacial score (nSPS) is 10.9. The van der Waals surface area contributed by atoms with Gasteiger partial charge in [-0.05, 0) is 37.7 Å². The predicted octanol–water partition coefficient (Wildman–Crippen LogP) is 2.70. The number of hydrogen-bond donors (Lipinski definition) is 1. The molecular weight excluding hydrogens is 354 g/mol. The zero-order valence-corrected chi connectivity index (χ0v) is 16.0. The minimum absolute atomic E-state index is 0.0108. The van der Waals surface area contributed by atoms with Crippen molar-refractivity contribution in [2.45, 2.75) is 25.8 Å². The molecule has 1 N–H and O–H groups in total. The van der Waals surface area contributed by atoms with E-state index in [-0.39, 0.29) is 5.91 Å². The number of pyridine rings is 1. The van der Waals surface area contributed by atoms with Crippen LogP contribution in [0.4, 0.5) is 0 Å². The van der Waals surface area contributed by atoms with Gasteiger partial charge < -0.3 is 14.7 Å². The number of aromatic nitrogens is 3. The molecule has 1 amide bonds. The molecule has 0 fully saturated rings. The Morgan fingerprint density at radius 2 is 1.96 bits per heavy atom. The second kappa shape index (κ2) is 10.3. The molecule has 3 aromatic rings. The highest BCUT2D eigenvalue weighted by molar-refractivity contribution is 5.75. The lowest BCUT2D eigenvalue weighted by Crippen LogP contribution is -2.28. The van der Waals surface area contributed by atoms with Crippen molar-refractivity contribution in [3.63, 3.8) is 0 Å². The third kappa shape index (κ3) is 6.28. The summed E-state index contributed by atoms with van der Waals surface area (Å²) < 4.78 is 5.20. The molecule has 0 aliphatic heterocycles. The fourth-order valence-corrected chi connectivity index (χ4v) is 2.82. The lowest BCUT2D eigenvalue weighted by Gasteiger charge is -2.16. The molecule has 28 heavy (non-hydrogen) atoms. The molecule has 0 aliphatic rings. The molecule has 0 saturated heterocycles. The van der Waals surface area contributed by atoms with E-state index in [1.807, 2.05) is 36.4 Å². The van der Waals surface area contributed by atoms with E-state index in [0.717, 1.165) is 19.5 Å². The largest absolute Gasteiger partial charge is 0.356 e. The van der Waals surface area contributed by atoms with Gasteiger partial charge in [0, 0.05) is 32.1 Å². The Morgan fingerprint density at radius 1 is 1.14 bits per heavy atom. The van der Waals surface area contributed by atoms with Crippen molar-refractivity contribution in [3.8, 4) is 11.5 Å². The van der Waals surface area contributed by atoms with Crippen molar-refractivity contribution in [3.05, 3.63) is 66.2 Å². The standard InChI is InChI=1S/C21H25N5O2/c1-26(16-17-8-3-2-4-9-17)15-7-14-23-19(27)11-12-20-24-21(25-28-20)18-10-5-6-13-22-18/h2-6,8-10,13H,7,11-12,14-16H2,1H3,(H,23,27). The average molecular weight is 379 g/mol. The number of benzene rings is 1. The van der Waals surface area contributed by atoms with Crippen LogP contribution in [0, 0.1) is 0 Å². The van der Waals surface area contributed by atoms with Crippen molar-refractivity contribution < 1.29 is 9.32 Å². The number of nitrogens with zero attached hydrogens (tertiary/aromatic N) is 4. The summed E-state index contributed by atoms with van der Waals surface area (Å²) in [5, 5.41) is 6.85. The summed E-state index contributed by atoms with van der Waals surface area (Å²) in [4.78, 5) is 22.7. The van der Waals surface area contributed by atoms with Gasteiger partial charge in [-0.1, -0.05) is 41.6 Å². The molecule has 2 aromatic heterocycles. The third-order valence-electron chi connectivity index (χ3n) is 4.26. The molecule has 2 heterocycles. The predicted molar refractivity (Wildman–Crippen MR) is 106 cm³/mol. The summed E-state index contributed by atoms with van der Waals surface area (Å²) in [7, 11) is 2.09. The summed E-state index contributed by atoms with van der Waals surface area (Å²) in [5.41, 5.74) is 1.94. The first kappa shape index (κ1) is 19.7. The molecule has 1 aromatic carbocycles. The van der Waals surface area contributed by atoms with Gasteiger partial charge in [0.1, 0.15) is 5.69 Å². The average Bonchev–Trinajstić information content (AvgIpc) is 3.20. The molecule has 0 unspecified atom stereocenters. The smallest absolute Gasteiger partial charge is 0.227 e. The van der Waals surface area contributed by atoms with Gasteiger partial charge in [-0.25, -0.2) is 0 Å². The lowest BCUT2D eigenvalue weighted by atomic mass is 10.2. The van der Waals surface area contributed by atoms with Crippen LogP contribution in [0.25, 0.3) is 11.5 Å². The van der Waals surface area contributed by atoms with E-state index in [4.69, 9.17) is 4.52 Å². The van der Waals surface area contributed by atoms with E-state index in [2.05, 4.69) is 44.5 Å². The van der Waals surface area contributed by atoms with E-state index >= 15 is 0 Å². The van der Waals surface area contributed by atoms with E-state index in [9.17, 15) is 4.79 Å². The lowest BCUT2D eigenvalue weighted by molar-refractivity contribution is -0.121. The van der Waals surface area contributed by atoms with Crippen LogP contribution in [-0.4, -0.2) is 46.1 Å². The van der Waals surface area contributed by atoms with Crippen LogP contribution in [0.5, 0.6) is 0 Å². The van der Waals surface area contributed by atoms with Crippen LogP contribution in [0.3, 0.4) is 0 Å². The molecule has 0 bridgehead atoms. The highest BCUT2D eigenvalue weighted by Gasteiger charge is 2.11.